The van der Waals surface area contributed by atoms with Crippen LogP contribution in [0.5, 0.6) is 0 Å². The van der Waals surface area contributed by atoms with Crippen molar-refractivity contribution >= 4 is 5.78 Å². The van der Waals surface area contributed by atoms with Crippen molar-refractivity contribution in [2.45, 2.75) is 77.2 Å². The molecule has 2 aliphatic rings. The first-order valence-corrected chi connectivity index (χ1v) is 8.56. The van der Waals surface area contributed by atoms with Crippen molar-refractivity contribution in [2.75, 3.05) is 13.9 Å². The van der Waals surface area contributed by atoms with E-state index in [1.54, 1.807) is 7.11 Å². The van der Waals surface area contributed by atoms with Gasteiger partial charge < -0.3 is 9.47 Å². The van der Waals surface area contributed by atoms with Gasteiger partial charge in [0.25, 0.3) is 0 Å². The Kier molecular flexibility index (Phi) is 6.43. The number of Topliss-reactive ketones (excluding diaryl/α,β-unsaturated/α-hetero) is 1. The van der Waals surface area contributed by atoms with Gasteiger partial charge in [0.1, 0.15) is 12.6 Å². The van der Waals surface area contributed by atoms with E-state index in [2.05, 4.69) is 13.0 Å². The number of hydrogen-bond donors (Lipinski definition) is 0. The topological polar surface area (TPSA) is 35.5 Å². The zero-order valence-electron chi connectivity index (χ0n) is 13.7. The van der Waals surface area contributed by atoms with Crippen LogP contribution in [0.1, 0.15) is 71.1 Å². The maximum absolute atomic E-state index is 12.8. The van der Waals surface area contributed by atoms with E-state index in [4.69, 9.17) is 9.47 Å². The molecule has 0 radical (unpaired) electrons. The molecule has 0 saturated heterocycles. The number of ether oxygens (including phenoxy) is 2. The Balaban J connectivity index is 2.07. The van der Waals surface area contributed by atoms with Crippen LogP contribution >= 0.6 is 0 Å². The highest BCUT2D eigenvalue weighted by molar-refractivity contribution is 5.88. The van der Waals surface area contributed by atoms with E-state index in [1.807, 2.05) is 0 Å². The molecule has 0 aromatic heterocycles. The van der Waals surface area contributed by atoms with Crippen LogP contribution in [-0.2, 0) is 14.3 Å². The molecular weight excluding hydrogens is 264 g/mol. The average molecular weight is 294 g/mol. The molecule has 120 valence electrons. The third kappa shape index (κ3) is 3.95. The van der Waals surface area contributed by atoms with Crippen molar-refractivity contribution in [1.82, 2.24) is 0 Å². The highest BCUT2D eigenvalue weighted by Crippen LogP contribution is 2.49. The minimum absolute atomic E-state index is 0.149. The number of carbonyl (C=O) groups is 1. The Morgan fingerprint density at radius 3 is 2.81 bits per heavy atom. The van der Waals surface area contributed by atoms with E-state index in [9.17, 15) is 4.79 Å². The van der Waals surface area contributed by atoms with Crippen molar-refractivity contribution in [2.24, 2.45) is 5.41 Å². The van der Waals surface area contributed by atoms with Crippen LogP contribution in [0.15, 0.2) is 11.6 Å². The van der Waals surface area contributed by atoms with Gasteiger partial charge in [0.05, 0.1) is 6.10 Å². The maximum atomic E-state index is 12.8. The van der Waals surface area contributed by atoms with Gasteiger partial charge in [-0.2, -0.15) is 0 Å². The third-order valence-electron chi connectivity index (χ3n) is 5.11. The van der Waals surface area contributed by atoms with Gasteiger partial charge in [-0.1, -0.05) is 37.8 Å². The van der Waals surface area contributed by atoms with Gasteiger partial charge in [0.2, 0.25) is 0 Å². The molecule has 1 atom stereocenters. The summed E-state index contributed by atoms with van der Waals surface area (Å²) >= 11 is 0. The largest absolute Gasteiger partial charge is 0.359 e. The molecule has 0 aliphatic heterocycles. The smallest absolute Gasteiger partial charge is 0.146 e. The van der Waals surface area contributed by atoms with Gasteiger partial charge in [0, 0.05) is 18.9 Å². The van der Waals surface area contributed by atoms with Gasteiger partial charge in [-0.05, 0) is 38.5 Å². The molecule has 0 heterocycles. The molecule has 0 aromatic carbocycles. The highest BCUT2D eigenvalue weighted by atomic mass is 16.7. The second-order valence-electron chi connectivity index (χ2n) is 6.52. The Morgan fingerprint density at radius 1 is 1.38 bits per heavy atom. The molecule has 0 spiro atoms. The van der Waals surface area contributed by atoms with Crippen LogP contribution in [0.2, 0.25) is 0 Å². The lowest BCUT2D eigenvalue weighted by Gasteiger charge is -2.35. The summed E-state index contributed by atoms with van der Waals surface area (Å²) in [6.45, 7) is 2.51. The van der Waals surface area contributed by atoms with E-state index in [1.165, 1.54) is 18.4 Å². The second kappa shape index (κ2) is 8.09. The van der Waals surface area contributed by atoms with Crippen molar-refractivity contribution in [3.8, 4) is 0 Å². The minimum Gasteiger partial charge on any atom is -0.359 e. The minimum atomic E-state index is -0.149. The van der Waals surface area contributed by atoms with Gasteiger partial charge in [-0.3, -0.25) is 4.79 Å². The fourth-order valence-electron chi connectivity index (χ4n) is 3.91. The summed E-state index contributed by atoms with van der Waals surface area (Å²) in [6, 6.07) is 0. The molecule has 2 rings (SSSR count). The van der Waals surface area contributed by atoms with E-state index < -0.39 is 0 Å². The van der Waals surface area contributed by atoms with Crippen molar-refractivity contribution in [1.29, 1.82) is 0 Å². The lowest BCUT2D eigenvalue weighted by molar-refractivity contribution is -0.127. The molecule has 0 aromatic rings. The summed E-state index contributed by atoms with van der Waals surface area (Å²) in [5.74, 6) is 0.487. The average Bonchev–Trinajstić information content (AvgIpc) is 3.02. The number of ketones is 1. The normalized spacial score (nSPS) is 24.9. The molecule has 0 N–H and O–H groups in total. The Hall–Kier alpha value is -0.670. The SMILES string of the molecule is CCCCC(=O)C1(C2=CCC[C@H](OCOC)C2)CCCC1. The summed E-state index contributed by atoms with van der Waals surface area (Å²) in [5, 5.41) is 0. The van der Waals surface area contributed by atoms with Crippen LogP contribution in [0, 0.1) is 5.41 Å². The number of unbranched alkanes of at least 4 members (excludes halogenated alkanes) is 1. The van der Waals surface area contributed by atoms with Crippen LogP contribution in [-0.4, -0.2) is 25.8 Å². The number of hydrogen-bond acceptors (Lipinski definition) is 3. The first-order valence-electron chi connectivity index (χ1n) is 8.56. The molecule has 2 aliphatic carbocycles. The van der Waals surface area contributed by atoms with E-state index in [0.717, 1.165) is 51.4 Å². The zero-order valence-corrected chi connectivity index (χ0v) is 13.7. The van der Waals surface area contributed by atoms with E-state index >= 15 is 0 Å². The standard InChI is InChI=1S/C18H30O3/c1-3-4-10-17(19)18(11-5-6-12-18)15-8-7-9-16(13-15)21-14-20-2/h8,16H,3-7,9-14H2,1-2H3/t16-/m0/s1. The van der Waals surface area contributed by atoms with Crippen molar-refractivity contribution in [3.63, 3.8) is 0 Å². The Morgan fingerprint density at radius 2 is 2.14 bits per heavy atom. The summed E-state index contributed by atoms with van der Waals surface area (Å²) in [5.41, 5.74) is 1.22. The lowest BCUT2D eigenvalue weighted by Crippen LogP contribution is -2.34. The molecule has 1 saturated carbocycles. The Labute approximate surface area is 129 Å². The lowest BCUT2D eigenvalue weighted by atomic mass is 9.69. The van der Waals surface area contributed by atoms with Gasteiger partial charge >= 0.3 is 0 Å². The maximum Gasteiger partial charge on any atom is 0.146 e. The number of rotatable bonds is 8. The second-order valence-corrected chi connectivity index (χ2v) is 6.52. The summed E-state index contributed by atoms with van der Waals surface area (Å²) in [6.07, 6.45) is 12.9. The molecule has 1 fully saturated rings. The first kappa shape index (κ1) is 16.7. The monoisotopic (exact) mass is 294 g/mol. The highest BCUT2D eigenvalue weighted by Gasteiger charge is 2.44. The molecule has 3 nitrogen and oxygen atoms in total. The Bertz CT molecular complexity index is 367. The third-order valence-corrected chi connectivity index (χ3v) is 5.11. The van der Waals surface area contributed by atoms with Crippen LogP contribution in [0.3, 0.4) is 0 Å². The predicted octanol–water partition coefficient (Wildman–Crippen LogP) is 4.41. The predicted molar refractivity (Wildman–Crippen MR) is 84.1 cm³/mol. The van der Waals surface area contributed by atoms with Gasteiger partial charge in [-0.25, -0.2) is 0 Å². The molecule has 21 heavy (non-hydrogen) atoms. The van der Waals surface area contributed by atoms with Crippen molar-refractivity contribution in [3.05, 3.63) is 11.6 Å². The summed E-state index contributed by atoms with van der Waals surface area (Å²) in [7, 11) is 1.66. The number of carbonyl (C=O) groups excluding carboxylic acids is 1. The fourth-order valence-corrected chi connectivity index (χ4v) is 3.91. The molecule has 3 heteroatoms. The quantitative estimate of drug-likeness (QED) is 0.491. The molecule has 0 amide bonds. The molecular formula is C18H30O3. The molecule has 0 unspecified atom stereocenters. The van der Waals surface area contributed by atoms with Crippen LogP contribution < -0.4 is 0 Å². The van der Waals surface area contributed by atoms with Gasteiger partial charge in [-0.15, -0.1) is 0 Å². The van der Waals surface area contributed by atoms with Gasteiger partial charge in [0.15, 0.2) is 0 Å². The zero-order chi connectivity index (χ0) is 15.1. The molecule has 0 bridgehead atoms. The summed E-state index contributed by atoms with van der Waals surface area (Å²) < 4.78 is 10.8. The van der Waals surface area contributed by atoms with E-state index in [0.29, 0.717) is 12.6 Å². The number of allylic oxidation sites excluding steroid dienone is 1. The fraction of sp³-hybridized carbons (Fsp3) is 0.833. The van der Waals surface area contributed by atoms with Crippen LogP contribution in [0.4, 0.5) is 0 Å². The summed E-state index contributed by atoms with van der Waals surface area (Å²) in [4.78, 5) is 12.8. The van der Waals surface area contributed by atoms with Crippen molar-refractivity contribution < 1.29 is 14.3 Å². The number of methoxy groups -OCH3 is 1. The van der Waals surface area contributed by atoms with E-state index in [-0.39, 0.29) is 11.5 Å². The first-order chi connectivity index (χ1) is 10.2. The van der Waals surface area contributed by atoms with Crippen LogP contribution in [0.25, 0.3) is 0 Å².